The van der Waals surface area contributed by atoms with Gasteiger partial charge in [-0.05, 0) is 0 Å². The van der Waals surface area contributed by atoms with Gasteiger partial charge in [-0.1, -0.05) is 0 Å². The summed E-state index contributed by atoms with van der Waals surface area (Å²) < 4.78 is 9.66. The van der Waals surface area contributed by atoms with Gasteiger partial charge in [-0.15, -0.1) is 0 Å². The smallest absolute Gasteiger partial charge is 0.321 e. The molecule has 0 rings (SSSR count). The number of amides is 3. The van der Waals surface area contributed by atoms with Crippen LogP contribution in [0, 0.1) is 0 Å². The van der Waals surface area contributed by atoms with Crippen LogP contribution >= 0.6 is 0 Å². The number of urea groups is 1. The molecule has 0 atom stereocenters. The number of aliphatic hydroxyl groups excluding tert-OH is 1. The summed E-state index contributed by atoms with van der Waals surface area (Å²) in [5.41, 5.74) is 0. The Hall–Kier alpha value is -1.22. The van der Waals surface area contributed by atoms with Gasteiger partial charge >= 0.3 is 6.03 Å². The first-order valence-corrected chi connectivity index (χ1v) is 6.02. The molecule has 0 aliphatic heterocycles. The molecular formula is C11H23N3O5. The SMILES string of the molecule is COCCNC(=O)NC(=O)CN(CCO)CCOC. The summed E-state index contributed by atoms with van der Waals surface area (Å²) in [7, 11) is 3.08. The van der Waals surface area contributed by atoms with Gasteiger partial charge in [0.15, 0.2) is 0 Å². The lowest BCUT2D eigenvalue weighted by molar-refractivity contribution is -0.121. The van der Waals surface area contributed by atoms with Crippen LogP contribution in [0.3, 0.4) is 0 Å². The predicted octanol–water partition coefficient (Wildman–Crippen LogP) is -1.60. The van der Waals surface area contributed by atoms with Crippen LogP contribution in [0.4, 0.5) is 4.79 Å². The Bertz CT molecular complexity index is 263. The van der Waals surface area contributed by atoms with E-state index in [1.165, 1.54) is 7.11 Å². The van der Waals surface area contributed by atoms with Gasteiger partial charge in [0, 0.05) is 33.9 Å². The zero-order chi connectivity index (χ0) is 14.5. The Morgan fingerprint density at radius 2 is 1.84 bits per heavy atom. The molecule has 0 unspecified atom stereocenters. The molecule has 0 radical (unpaired) electrons. The van der Waals surface area contributed by atoms with Crippen LogP contribution in [0.25, 0.3) is 0 Å². The zero-order valence-electron chi connectivity index (χ0n) is 11.5. The lowest BCUT2D eigenvalue weighted by Gasteiger charge is -2.19. The summed E-state index contributed by atoms with van der Waals surface area (Å²) in [4.78, 5) is 24.6. The van der Waals surface area contributed by atoms with Crippen LogP contribution in [-0.4, -0.2) is 82.2 Å². The molecule has 8 heteroatoms. The Labute approximate surface area is 113 Å². The summed E-state index contributed by atoms with van der Waals surface area (Å²) in [6, 6.07) is -0.558. The van der Waals surface area contributed by atoms with Crippen molar-refractivity contribution < 1.29 is 24.2 Å². The Morgan fingerprint density at radius 3 is 2.42 bits per heavy atom. The normalized spacial score (nSPS) is 10.5. The van der Waals surface area contributed by atoms with Gasteiger partial charge < -0.3 is 19.9 Å². The molecule has 0 aliphatic carbocycles. The number of methoxy groups -OCH3 is 2. The molecular weight excluding hydrogens is 254 g/mol. The Balaban J connectivity index is 3.93. The van der Waals surface area contributed by atoms with Crippen molar-refractivity contribution in [2.24, 2.45) is 0 Å². The molecule has 0 bridgehead atoms. The van der Waals surface area contributed by atoms with Crippen molar-refractivity contribution in [3.63, 3.8) is 0 Å². The molecule has 3 N–H and O–H groups in total. The first kappa shape index (κ1) is 17.8. The highest BCUT2D eigenvalue weighted by Crippen LogP contribution is 1.88. The molecule has 0 saturated heterocycles. The largest absolute Gasteiger partial charge is 0.395 e. The number of carbonyl (C=O) groups excluding carboxylic acids is 2. The minimum absolute atomic E-state index is 0.0294. The van der Waals surface area contributed by atoms with Crippen LogP contribution in [-0.2, 0) is 14.3 Å². The summed E-state index contributed by atoms with van der Waals surface area (Å²) in [5.74, 6) is -0.431. The molecule has 0 fully saturated rings. The topological polar surface area (TPSA) is 100 Å². The fourth-order valence-corrected chi connectivity index (χ4v) is 1.31. The Morgan fingerprint density at radius 1 is 1.16 bits per heavy atom. The second kappa shape index (κ2) is 11.8. The highest BCUT2D eigenvalue weighted by Gasteiger charge is 2.12. The molecule has 112 valence electrons. The molecule has 0 spiro atoms. The highest BCUT2D eigenvalue weighted by molar-refractivity contribution is 5.95. The van der Waals surface area contributed by atoms with Gasteiger partial charge in [-0.3, -0.25) is 15.0 Å². The first-order valence-electron chi connectivity index (χ1n) is 6.02. The number of rotatable bonds is 10. The fraction of sp³-hybridized carbons (Fsp3) is 0.818. The quantitative estimate of drug-likeness (QED) is 0.416. The van der Waals surface area contributed by atoms with Crippen molar-refractivity contribution in [3.05, 3.63) is 0 Å². The molecule has 19 heavy (non-hydrogen) atoms. The van der Waals surface area contributed by atoms with Crippen molar-refractivity contribution in [2.45, 2.75) is 0 Å². The van der Waals surface area contributed by atoms with E-state index in [-0.39, 0.29) is 13.2 Å². The number of carbonyl (C=O) groups is 2. The van der Waals surface area contributed by atoms with E-state index < -0.39 is 11.9 Å². The third-order valence-corrected chi connectivity index (χ3v) is 2.24. The van der Waals surface area contributed by atoms with E-state index in [4.69, 9.17) is 14.6 Å². The van der Waals surface area contributed by atoms with Gasteiger partial charge in [-0.2, -0.15) is 0 Å². The average Bonchev–Trinajstić information content (AvgIpc) is 2.36. The first-order chi connectivity index (χ1) is 9.13. The predicted molar refractivity (Wildman–Crippen MR) is 68.8 cm³/mol. The monoisotopic (exact) mass is 277 g/mol. The molecule has 3 amide bonds. The van der Waals surface area contributed by atoms with Crippen LogP contribution in [0.15, 0.2) is 0 Å². The molecule has 0 heterocycles. The molecule has 0 saturated carbocycles. The van der Waals surface area contributed by atoms with E-state index in [9.17, 15) is 9.59 Å². The number of hydrogen-bond donors (Lipinski definition) is 3. The maximum Gasteiger partial charge on any atom is 0.321 e. The van der Waals surface area contributed by atoms with Crippen molar-refractivity contribution in [1.82, 2.24) is 15.5 Å². The summed E-state index contributed by atoms with van der Waals surface area (Å²) in [6.07, 6.45) is 0. The minimum atomic E-state index is -0.558. The van der Waals surface area contributed by atoms with Gasteiger partial charge in [0.1, 0.15) is 0 Å². The zero-order valence-corrected chi connectivity index (χ0v) is 11.5. The third-order valence-electron chi connectivity index (χ3n) is 2.24. The van der Waals surface area contributed by atoms with E-state index >= 15 is 0 Å². The number of nitrogens with zero attached hydrogens (tertiary/aromatic N) is 1. The van der Waals surface area contributed by atoms with E-state index in [0.717, 1.165) is 0 Å². The lowest BCUT2D eigenvalue weighted by atomic mass is 10.4. The number of imide groups is 1. The number of hydrogen-bond acceptors (Lipinski definition) is 6. The van der Waals surface area contributed by atoms with E-state index in [2.05, 4.69) is 10.6 Å². The third kappa shape index (κ3) is 10.4. The number of aliphatic hydroxyl groups is 1. The van der Waals surface area contributed by atoms with Crippen molar-refractivity contribution >= 4 is 11.9 Å². The van der Waals surface area contributed by atoms with E-state index in [1.54, 1.807) is 12.0 Å². The van der Waals surface area contributed by atoms with Crippen LogP contribution in [0.2, 0.25) is 0 Å². The number of nitrogens with one attached hydrogen (secondary N) is 2. The Kier molecular flexibility index (Phi) is 11.1. The summed E-state index contributed by atoms with van der Waals surface area (Å²) in [5, 5.41) is 13.5. The van der Waals surface area contributed by atoms with Crippen LogP contribution in [0.1, 0.15) is 0 Å². The minimum Gasteiger partial charge on any atom is -0.395 e. The highest BCUT2D eigenvalue weighted by atomic mass is 16.5. The molecule has 8 nitrogen and oxygen atoms in total. The van der Waals surface area contributed by atoms with Crippen LogP contribution in [0.5, 0.6) is 0 Å². The van der Waals surface area contributed by atoms with E-state index in [1.807, 2.05) is 0 Å². The second-order valence-electron chi connectivity index (χ2n) is 3.79. The fourth-order valence-electron chi connectivity index (χ4n) is 1.31. The molecule has 0 aromatic carbocycles. The van der Waals surface area contributed by atoms with Crippen molar-refractivity contribution in [3.8, 4) is 0 Å². The molecule has 0 aromatic heterocycles. The van der Waals surface area contributed by atoms with Crippen molar-refractivity contribution in [2.75, 3.05) is 60.2 Å². The maximum absolute atomic E-state index is 11.6. The maximum atomic E-state index is 11.6. The van der Waals surface area contributed by atoms with Crippen LogP contribution < -0.4 is 10.6 Å². The van der Waals surface area contributed by atoms with Gasteiger partial charge in [0.25, 0.3) is 0 Å². The standard InChI is InChI=1S/C11H23N3O5/c1-18-7-3-12-11(17)13-10(16)9-14(4-6-15)5-8-19-2/h15H,3-9H2,1-2H3,(H2,12,13,16,17). The van der Waals surface area contributed by atoms with Gasteiger partial charge in [0.05, 0.1) is 26.4 Å². The molecule has 0 aliphatic rings. The van der Waals surface area contributed by atoms with Gasteiger partial charge in [0.2, 0.25) is 5.91 Å². The van der Waals surface area contributed by atoms with Gasteiger partial charge in [-0.25, -0.2) is 4.79 Å². The van der Waals surface area contributed by atoms with Crippen molar-refractivity contribution in [1.29, 1.82) is 0 Å². The second-order valence-corrected chi connectivity index (χ2v) is 3.79. The summed E-state index contributed by atoms with van der Waals surface area (Å²) in [6.45, 7) is 2.00. The lowest BCUT2D eigenvalue weighted by Crippen LogP contribution is -2.46. The average molecular weight is 277 g/mol. The summed E-state index contributed by atoms with van der Waals surface area (Å²) >= 11 is 0. The van der Waals surface area contributed by atoms with E-state index in [0.29, 0.717) is 32.8 Å². The number of ether oxygens (including phenoxy) is 2. The molecule has 0 aromatic rings.